The molecular formula is C14H21ClN4. The summed E-state index contributed by atoms with van der Waals surface area (Å²) in [6.45, 7) is 5.22. The smallest absolute Gasteiger partial charge is 0.160 e. The molecule has 0 radical (unpaired) electrons. The number of aromatic nitrogens is 3. The molecule has 0 fully saturated rings. The van der Waals surface area contributed by atoms with Gasteiger partial charge in [0.05, 0.1) is 0 Å². The number of alkyl halides is 1. The number of likely N-dealkylation sites (N-methyl/N-ethyl adjacent to an activating group) is 1. The number of halogens is 1. The van der Waals surface area contributed by atoms with Gasteiger partial charge >= 0.3 is 0 Å². The molecule has 0 aliphatic heterocycles. The van der Waals surface area contributed by atoms with Gasteiger partial charge in [-0.3, -0.25) is 0 Å². The molecule has 0 saturated carbocycles. The van der Waals surface area contributed by atoms with E-state index in [4.69, 9.17) is 16.6 Å². The number of hydrogen-bond donors (Lipinski definition) is 0. The second-order valence-electron chi connectivity index (χ2n) is 5.25. The quantitative estimate of drug-likeness (QED) is 0.790. The Morgan fingerprint density at radius 1 is 1.42 bits per heavy atom. The first-order chi connectivity index (χ1) is 9.04. The lowest BCUT2D eigenvalue weighted by atomic mass is 10.2. The maximum atomic E-state index is 5.90. The summed E-state index contributed by atoms with van der Waals surface area (Å²) in [7, 11) is 4.16. The van der Waals surface area contributed by atoms with Crippen LogP contribution in [0.25, 0.3) is 11.2 Å². The van der Waals surface area contributed by atoms with Crippen LogP contribution in [0.5, 0.6) is 0 Å². The van der Waals surface area contributed by atoms with Crippen molar-refractivity contribution in [1.29, 1.82) is 0 Å². The molecule has 2 aromatic rings. The minimum Gasteiger partial charge on any atom is -0.309 e. The van der Waals surface area contributed by atoms with Gasteiger partial charge < -0.3 is 9.47 Å². The summed E-state index contributed by atoms with van der Waals surface area (Å²) in [5, 5.41) is 0. The van der Waals surface area contributed by atoms with E-state index < -0.39 is 0 Å². The van der Waals surface area contributed by atoms with Crippen LogP contribution in [0.3, 0.4) is 0 Å². The van der Waals surface area contributed by atoms with Gasteiger partial charge in [-0.15, -0.1) is 11.6 Å². The van der Waals surface area contributed by atoms with E-state index in [9.17, 15) is 0 Å². The zero-order valence-electron chi connectivity index (χ0n) is 12.0. The van der Waals surface area contributed by atoms with E-state index in [1.54, 1.807) is 0 Å². The fraction of sp³-hybridized carbons (Fsp3) is 0.571. The minimum absolute atomic E-state index is 0.326. The van der Waals surface area contributed by atoms with E-state index >= 15 is 0 Å². The summed E-state index contributed by atoms with van der Waals surface area (Å²) >= 11 is 5.90. The van der Waals surface area contributed by atoms with Crippen molar-refractivity contribution in [2.75, 3.05) is 26.5 Å². The largest absolute Gasteiger partial charge is 0.309 e. The highest BCUT2D eigenvalue weighted by atomic mass is 35.5. The van der Waals surface area contributed by atoms with Gasteiger partial charge in [0.15, 0.2) is 5.65 Å². The van der Waals surface area contributed by atoms with Crippen molar-refractivity contribution < 1.29 is 0 Å². The second-order valence-corrected chi connectivity index (χ2v) is 5.63. The predicted molar refractivity (Wildman–Crippen MR) is 80.0 cm³/mol. The summed E-state index contributed by atoms with van der Waals surface area (Å²) in [5.74, 6) is 1.61. The van der Waals surface area contributed by atoms with E-state index in [0.717, 1.165) is 35.5 Å². The van der Waals surface area contributed by atoms with Crippen LogP contribution < -0.4 is 0 Å². The third-order valence-electron chi connectivity index (χ3n) is 3.24. The molecule has 1 unspecified atom stereocenters. The van der Waals surface area contributed by atoms with Crippen LogP contribution in [0, 0.1) is 6.92 Å². The highest BCUT2D eigenvalue weighted by Crippen LogP contribution is 2.22. The summed E-state index contributed by atoms with van der Waals surface area (Å²) in [6, 6.07) is 2.33. The maximum absolute atomic E-state index is 5.90. The highest BCUT2D eigenvalue weighted by molar-refractivity contribution is 6.17. The van der Waals surface area contributed by atoms with Crippen LogP contribution >= 0.6 is 11.6 Å². The van der Waals surface area contributed by atoms with E-state index in [1.165, 1.54) is 0 Å². The van der Waals surface area contributed by atoms with Crippen LogP contribution in [0.2, 0.25) is 0 Å². The van der Waals surface area contributed by atoms with E-state index in [2.05, 4.69) is 42.4 Å². The molecule has 2 aromatic heterocycles. The molecule has 0 aromatic carbocycles. The molecule has 0 saturated heterocycles. The Morgan fingerprint density at radius 3 is 2.79 bits per heavy atom. The Morgan fingerprint density at radius 2 is 2.16 bits per heavy atom. The number of pyridine rings is 1. The van der Waals surface area contributed by atoms with Gasteiger partial charge in [-0.25, -0.2) is 9.97 Å². The first-order valence-corrected chi connectivity index (χ1v) is 7.11. The van der Waals surface area contributed by atoms with Crippen LogP contribution in [-0.2, 0) is 6.42 Å². The average Bonchev–Trinajstić information content (AvgIpc) is 2.68. The Bertz CT molecular complexity index is 562. The molecule has 0 N–H and O–H groups in total. The fourth-order valence-corrected chi connectivity index (χ4v) is 2.66. The Hall–Kier alpha value is -1.13. The molecule has 19 heavy (non-hydrogen) atoms. The Kier molecular flexibility index (Phi) is 4.42. The van der Waals surface area contributed by atoms with Crippen molar-refractivity contribution in [3.63, 3.8) is 0 Å². The zero-order chi connectivity index (χ0) is 14.0. The van der Waals surface area contributed by atoms with Gasteiger partial charge in [0.2, 0.25) is 0 Å². The third-order valence-corrected chi connectivity index (χ3v) is 3.43. The number of rotatable bonds is 5. The number of imidazole rings is 1. The predicted octanol–water partition coefficient (Wildman–Crippen LogP) is 2.64. The first-order valence-electron chi connectivity index (χ1n) is 6.57. The lowest BCUT2D eigenvalue weighted by Crippen LogP contribution is -2.24. The lowest BCUT2D eigenvalue weighted by Gasteiger charge is -2.20. The van der Waals surface area contributed by atoms with E-state index in [0.29, 0.717) is 11.9 Å². The van der Waals surface area contributed by atoms with E-state index in [1.807, 2.05) is 12.3 Å². The Balaban J connectivity index is 2.55. The average molecular weight is 281 g/mol. The molecule has 0 aliphatic rings. The van der Waals surface area contributed by atoms with Gasteiger partial charge in [-0.2, -0.15) is 0 Å². The fourth-order valence-electron chi connectivity index (χ4n) is 2.49. The van der Waals surface area contributed by atoms with Crippen LogP contribution in [0.15, 0.2) is 12.3 Å². The van der Waals surface area contributed by atoms with Crippen molar-refractivity contribution in [2.24, 2.45) is 0 Å². The van der Waals surface area contributed by atoms with Gasteiger partial charge in [0.1, 0.15) is 11.3 Å². The normalized spacial score (nSPS) is 13.4. The van der Waals surface area contributed by atoms with Crippen molar-refractivity contribution in [1.82, 2.24) is 19.4 Å². The van der Waals surface area contributed by atoms with Gasteiger partial charge in [-0.1, -0.05) is 0 Å². The molecule has 0 amide bonds. The second kappa shape index (κ2) is 5.88. The van der Waals surface area contributed by atoms with Gasteiger partial charge in [0.25, 0.3) is 0 Å². The van der Waals surface area contributed by atoms with Crippen molar-refractivity contribution >= 4 is 22.8 Å². The SMILES string of the molecule is Cc1ccnc2c1nc(CCCl)n2C(C)CN(C)C. The lowest BCUT2D eigenvalue weighted by molar-refractivity contribution is 0.336. The topological polar surface area (TPSA) is 34.0 Å². The molecule has 5 heteroatoms. The first kappa shape index (κ1) is 14.3. The van der Waals surface area contributed by atoms with Crippen molar-refractivity contribution in [3.8, 4) is 0 Å². The molecular weight excluding hydrogens is 260 g/mol. The summed E-state index contributed by atoms with van der Waals surface area (Å²) in [6.07, 6.45) is 2.62. The number of nitrogens with zero attached hydrogens (tertiary/aromatic N) is 4. The summed E-state index contributed by atoms with van der Waals surface area (Å²) < 4.78 is 2.23. The maximum Gasteiger partial charge on any atom is 0.160 e. The molecule has 4 nitrogen and oxygen atoms in total. The molecule has 0 spiro atoms. The van der Waals surface area contributed by atoms with Crippen LogP contribution in [-0.4, -0.2) is 46.0 Å². The number of aryl methyl sites for hydroxylation is 2. The highest BCUT2D eigenvalue weighted by Gasteiger charge is 2.17. The van der Waals surface area contributed by atoms with Crippen LogP contribution in [0.1, 0.15) is 24.4 Å². The summed E-state index contributed by atoms with van der Waals surface area (Å²) in [4.78, 5) is 11.4. The minimum atomic E-state index is 0.326. The molecule has 0 bridgehead atoms. The molecule has 104 valence electrons. The molecule has 2 heterocycles. The molecule has 1 atom stereocenters. The standard InChI is InChI=1S/C14H21ClN4/c1-10-6-8-16-14-13(10)17-12(5-7-15)19(14)11(2)9-18(3)4/h6,8,11H,5,7,9H2,1-4H3. The van der Waals surface area contributed by atoms with E-state index in [-0.39, 0.29) is 0 Å². The van der Waals surface area contributed by atoms with Gasteiger partial charge in [-0.05, 0) is 39.6 Å². The molecule has 2 rings (SSSR count). The van der Waals surface area contributed by atoms with Crippen LogP contribution in [0.4, 0.5) is 0 Å². The Labute approximate surface area is 119 Å². The van der Waals surface area contributed by atoms with Crippen molar-refractivity contribution in [3.05, 3.63) is 23.7 Å². The zero-order valence-corrected chi connectivity index (χ0v) is 12.8. The third kappa shape index (κ3) is 2.90. The monoisotopic (exact) mass is 280 g/mol. The van der Waals surface area contributed by atoms with Crippen molar-refractivity contribution in [2.45, 2.75) is 26.3 Å². The number of hydrogen-bond acceptors (Lipinski definition) is 3. The summed E-state index contributed by atoms with van der Waals surface area (Å²) in [5.41, 5.74) is 3.12. The van der Waals surface area contributed by atoms with Gasteiger partial charge in [0, 0.05) is 31.1 Å². The molecule has 0 aliphatic carbocycles. The number of fused-ring (bicyclic) bond motifs is 1.